The molecule has 0 spiro atoms. The lowest BCUT2D eigenvalue weighted by Gasteiger charge is -2.19. The Kier molecular flexibility index (Phi) is 5.83. The first kappa shape index (κ1) is 17.6. The zero-order valence-electron chi connectivity index (χ0n) is 15.0. The molecule has 0 aliphatic carbocycles. The van der Waals surface area contributed by atoms with Gasteiger partial charge in [-0.05, 0) is 44.1 Å². The second-order valence-electron chi connectivity index (χ2n) is 6.64. The van der Waals surface area contributed by atoms with Crippen LogP contribution in [-0.4, -0.2) is 40.7 Å². The third-order valence-corrected chi connectivity index (χ3v) is 4.77. The highest BCUT2D eigenvalue weighted by atomic mass is 16.2. The van der Waals surface area contributed by atoms with Crippen LogP contribution in [0.25, 0.3) is 0 Å². The van der Waals surface area contributed by atoms with Gasteiger partial charge >= 0.3 is 0 Å². The highest BCUT2D eigenvalue weighted by Gasteiger charge is 2.20. The van der Waals surface area contributed by atoms with Crippen molar-refractivity contribution in [2.24, 2.45) is 7.05 Å². The van der Waals surface area contributed by atoms with Gasteiger partial charge in [0.1, 0.15) is 6.04 Å². The molecule has 1 fully saturated rings. The number of rotatable bonds is 7. The summed E-state index contributed by atoms with van der Waals surface area (Å²) in [6, 6.07) is 7.98. The van der Waals surface area contributed by atoms with Crippen molar-refractivity contribution < 1.29 is 4.79 Å². The average molecular weight is 341 g/mol. The average Bonchev–Trinajstić information content (AvgIpc) is 3.27. The molecule has 3 rings (SSSR count). The van der Waals surface area contributed by atoms with E-state index in [4.69, 9.17) is 0 Å². The van der Waals surface area contributed by atoms with Gasteiger partial charge in [0, 0.05) is 31.9 Å². The third kappa shape index (κ3) is 4.46. The lowest BCUT2D eigenvalue weighted by molar-refractivity contribution is -0.123. The Morgan fingerprint density at radius 3 is 2.60 bits per heavy atom. The SMILES string of the molecule is CNC(C(=O)NCc1ccccc1CN1CCCC1)c1cnn(C)c1. The number of carbonyl (C=O) groups excluding carboxylic acids is 1. The van der Waals surface area contributed by atoms with Gasteiger partial charge < -0.3 is 10.6 Å². The van der Waals surface area contributed by atoms with Crippen LogP contribution in [0.1, 0.15) is 35.6 Å². The predicted octanol–water partition coefficient (Wildman–Crippen LogP) is 1.59. The second kappa shape index (κ2) is 8.27. The molecule has 2 heterocycles. The number of carbonyl (C=O) groups is 1. The summed E-state index contributed by atoms with van der Waals surface area (Å²) in [5, 5.41) is 10.3. The summed E-state index contributed by atoms with van der Waals surface area (Å²) in [7, 11) is 3.64. The first-order valence-corrected chi connectivity index (χ1v) is 8.90. The van der Waals surface area contributed by atoms with E-state index in [-0.39, 0.29) is 11.9 Å². The molecular weight excluding hydrogens is 314 g/mol. The number of aromatic nitrogens is 2. The van der Waals surface area contributed by atoms with E-state index in [2.05, 4.69) is 38.8 Å². The minimum atomic E-state index is -0.389. The molecule has 6 nitrogen and oxygen atoms in total. The van der Waals surface area contributed by atoms with Crippen molar-refractivity contribution >= 4 is 5.91 Å². The number of nitrogens with one attached hydrogen (secondary N) is 2. The lowest BCUT2D eigenvalue weighted by atomic mass is 10.1. The molecule has 2 aromatic rings. The number of likely N-dealkylation sites (N-methyl/N-ethyl adjacent to an activating group) is 1. The summed E-state index contributed by atoms with van der Waals surface area (Å²) in [6.45, 7) is 3.85. The smallest absolute Gasteiger partial charge is 0.242 e. The van der Waals surface area contributed by atoms with Crippen LogP contribution in [-0.2, 0) is 24.9 Å². The predicted molar refractivity (Wildman–Crippen MR) is 97.8 cm³/mol. The Morgan fingerprint density at radius 2 is 1.96 bits per heavy atom. The maximum absolute atomic E-state index is 12.6. The monoisotopic (exact) mass is 341 g/mol. The molecule has 134 valence electrons. The van der Waals surface area contributed by atoms with E-state index in [9.17, 15) is 4.79 Å². The fourth-order valence-corrected chi connectivity index (χ4v) is 3.39. The van der Waals surface area contributed by atoms with Crippen LogP contribution in [0.4, 0.5) is 0 Å². The Hall–Kier alpha value is -2.18. The maximum Gasteiger partial charge on any atom is 0.242 e. The van der Waals surface area contributed by atoms with Crippen molar-refractivity contribution in [2.75, 3.05) is 20.1 Å². The third-order valence-electron chi connectivity index (χ3n) is 4.77. The van der Waals surface area contributed by atoms with Crippen LogP contribution < -0.4 is 10.6 Å². The Bertz CT molecular complexity index is 705. The topological polar surface area (TPSA) is 62.2 Å². The van der Waals surface area contributed by atoms with Gasteiger partial charge in [-0.1, -0.05) is 24.3 Å². The molecule has 1 aliphatic rings. The quantitative estimate of drug-likeness (QED) is 0.803. The van der Waals surface area contributed by atoms with E-state index >= 15 is 0 Å². The Balaban J connectivity index is 1.63. The van der Waals surface area contributed by atoms with Gasteiger partial charge in [-0.2, -0.15) is 5.10 Å². The number of benzene rings is 1. The summed E-state index contributed by atoms with van der Waals surface area (Å²) in [5.41, 5.74) is 3.35. The zero-order valence-corrected chi connectivity index (χ0v) is 15.0. The molecule has 6 heteroatoms. The van der Waals surface area contributed by atoms with Crippen molar-refractivity contribution in [3.05, 3.63) is 53.3 Å². The summed E-state index contributed by atoms with van der Waals surface area (Å²) in [4.78, 5) is 15.1. The van der Waals surface area contributed by atoms with Crippen LogP contribution in [0.15, 0.2) is 36.7 Å². The summed E-state index contributed by atoms with van der Waals surface area (Å²) in [6.07, 6.45) is 6.16. The zero-order chi connectivity index (χ0) is 17.6. The fourth-order valence-electron chi connectivity index (χ4n) is 3.39. The van der Waals surface area contributed by atoms with E-state index in [0.29, 0.717) is 6.54 Å². The number of likely N-dealkylation sites (tertiary alicyclic amines) is 1. The fraction of sp³-hybridized carbons (Fsp3) is 0.474. The van der Waals surface area contributed by atoms with Crippen molar-refractivity contribution in [1.29, 1.82) is 0 Å². The largest absolute Gasteiger partial charge is 0.350 e. The van der Waals surface area contributed by atoms with Crippen LogP contribution >= 0.6 is 0 Å². The number of aryl methyl sites for hydroxylation is 1. The standard InChI is InChI=1S/C19H27N5O/c1-20-18(17-12-22-23(2)13-17)19(25)21-11-15-7-3-4-8-16(15)14-24-9-5-6-10-24/h3-4,7-8,12-13,18,20H,5-6,9-11,14H2,1-2H3,(H,21,25). The summed E-state index contributed by atoms with van der Waals surface area (Å²) in [5.74, 6) is -0.0357. The van der Waals surface area contributed by atoms with E-state index in [1.54, 1.807) is 17.9 Å². The number of hydrogen-bond acceptors (Lipinski definition) is 4. The van der Waals surface area contributed by atoms with E-state index < -0.39 is 0 Å². The molecule has 25 heavy (non-hydrogen) atoms. The van der Waals surface area contributed by atoms with E-state index in [1.165, 1.54) is 37.1 Å². The van der Waals surface area contributed by atoms with Gasteiger partial charge in [0.2, 0.25) is 5.91 Å². The Morgan fingerprint density at radius 1 is 1.24 bits per heavy atom. The first-order chi connectivity index (χ1) is 12.2. The number of amides is 1. The van der Waals surface area contributed by atoms with Crippen molar-refractivity contribution in [3.63, 3.8) is 0 Å². The van der Waals surface area contributed by atoms with Crippen molar-refractivity contribution in [2.45, 2.75) is 32.0 Å². The maximum atomic E-state index is 12.6. The highest BCUT2D eigenvalue weighted by Crippen LogP contribution is 2.17. The molecule has 1 aliphatic heterocycles. The van der Waals surface area contributed by atoms with Gasteiger partial charge in [-0.25, -0.2) is 0 Å². The molecule has 0 radical (unpaired) electrons. The van der Waals surface area contributed by atoms with Crippen LogP contribution in [0.3, 0.4) is 0 Å². The molecule has 0 saturated carbocycles. The molecular formula is C19H27N5O. The Labute approximate surface area is 149 Å². The normalized spacial score (nSPS) is 16.1. The van der Waals surface area contributed by atoms with Gasteiger partial charge in [-0.15, -0.1) is 0 Å². The van der Waals surface area contributed by atoms with Crippen LogP contribution in [0, 0.1) is 0 Å². The van der Waals surface area contributed by atoms with Gasteiger partial charge in [0.05, 0.1) is 6.20 Å². The number of hydrogen-bond donors (Lipinski definition) is 2. The van der Waals surface area contributed by atoms with E-state index in [1.807, 2.05) is 19.3 Å². The van der Waals surface area contributed by atoms with Crippen LogP contribution in [0.2, 0.25) is 0 Å². The molecule has 0 bridgehead atoms. The first-order valence-electron chi connectivity index (χ1n) is 8.90. The highest BCUT2D eigenvalue weighted by molar-refractivity contribution is 5.83. The van der Waals surface area contributed by atoms with Gasteiger partial charge in [-0.3, -0.25) is 14.4 Å². The van der Waals surface area contributed by atoms with E-state index in [0.717, 1.165) is 12.1 Å². The minimum Gasteiger partial charge on any atom is -0.350 e. The molecule has 1 aromatic heterocycles. The molecule has 1 unspecified atom stereocenters. The minimum absolute atomic E-state index is 0.0357. The molecule has 2 N–H and O–H groups in total. The molecule has 1 aromatic carbocycles. The van der Waals surface area contributed by atoms with Crippen LogP contribution in [0.5, 0.6) is 0 Å². The second-order valence-corrected chi connectivity index (χ2v) is 6.64. The molecule has 1 atom stereocenters. The summed E-state index contributed by atoms with van der Waals surface area (Å²) < 4.78 is 1.71. The lowest BCUT2D eigenvalue weighted by Crippen LogP contribution is -2.35. The van der Waals surface area contributed by atoms with Crippen molar-refractivity contribution in [1.82, 2.24) is 25.3 Å². The van der Waals surface area contributed by atoms with Gasteiger partial charge in [0.15, 0.2) is 0 Å². The summed E-state index contributed by atoms with van der Waals surface area (Å²) >= 11 is 0. The van der Waals surface area contributed by atoms with Gasteiger partial charge in [0.25, 0.3) is 0 Å². The number of nitrogens with zero attached hydrogens (tertiary/aromatic N) is 3. The molecule has 1 amide bonds. The van der Waals surface area contributed by atoms with Crippen molar-refractivity contribution in [3.8, 4) is 0 Å². The molecule has 1 saturated heterocycles.